The minimum Gasteiger partial charge on any atom is -0.312 e. The molecule has 1 N–H and O–H groups in total. The monoisotopic (exact) mass is 210 g/mol. The number of hydrogen-bond donors (Lipinski definition) is 1. The zero-order valence-corrected chi connectivity index (χ0v) is 10.3. The Kier molecular flexibility index (Phi) is 4.04. The van der Waals surface area contributed by atoms with Gasteiger partial charge in [0.1, 0.15) is 0 Å². The van der Waals surface area contributed by atoms with Gasteiger partial charge in [-0.15, -0.1) is 0 Å². The van der Waals surface area contributed by atoms with Crippen molar-refractivity contribution in [3.8, 4) is 0 Å². The predicted molar refractivity (Wildman–Crippen MR) is 65.1 cm³/mol. The van der Waals surface area contributed by atoms with E-state index >= 15 is 0 Å². The SMILES string of the molecule is CC(C)CN1CCC[C@H]1CNC1CCC1. The lowest BCUT2D eigenvalue weighted by Crippen LogP contribution is -2.45. The molecule has 1 heterocycles. The van der Waals surface area contributed by atoms with Crippen LogP contribution in [0.5, 0.6) is 0 Å². The van der Waals surface area contributed by atoms with Crippen LogP contribution in [0.1, 0.15) is 46.0 Å². The zero-order valence-electron chi connectivity index (χ0n) is 10.3. The maximum Gasteiger partial charge on any atom is 0.0221 e. The highest BCUT2D eigenvalue weighted by molar-refractivity contribution is 4.84. The van der Waals surface area contributed by atoms with E-state index in [-0.39, 0.29) is 0 Å². The van der Waals surface area contributed by atoms with Crippen molar-refractivity contribution >= 4 is 0 Å². The number of hydrogen-bond acceptors (Lipinski definition) is 2. The van der Waals surface area contributed by atoms with Crippen LogP contribution in [-0.4, -0.2) is 36.6 Å². The van der Waals surface area contributed by atoms with Crippen molar-refractivity contribution in [1.29, 1.82) is 0 Å². The summed E-state index contributed by atoms with van der Waals surface area (Å²) in [5.41, 5.74) is 0. The lowest BCUT2D eigenvalue weighted by atomic mass is 9.93. The van der Waals surface area contributed by atoms with Crippen LogP contribution < -0.4 is 5.32 Å². The Morgan fingerprint density at radius 2 is 2.00 bits per heavy atom. The molecule has 2 heteroatoms. The summed E-state index contributed by atoms with van der Waals surface area (Å²) < 4.78 is 0. The molecular formula is C13H26N2. The van der Waals surface area contributed by atoms with Crippen LogP contribution in [0.2, 0.25) is 0 Å². The molecule has 1 aliphatic carbocycles. The summed E-state index contributed by atoms with van der Waals surface area (Å²) in [6.45, 7) is 8.51. The van der Waals surface area contributed by atoms with Crippen LogP contribution in [0, 0.1) is 5.92 Å². The summed E-state index contributed by atoms with van der Waals surface area (Å²) >= 11 is 0. The number of rotatable bonds is 5. The van der Waals surface area contributed by atoms with Gasteiger partial charge in [0.25, 0.3) is 0 Å². The topological polar surface area (TPSA) is 15.3 Å². The molecule has 1 atom stereocenters. The quantitative estimate of drug-likeness (QED) is 0.749. The predicted octanol–water partition coefficient (Wildman–Crippen LogP) is 2.25. The second-order valence-electron chi connectivity index (χ2n) is 5.72. The fourth-order valence-electron chi connectivity index (χ4n) is 2.75. The van der Waals surface area contributed by atoms with Crippen LogP contribution in [0.15, 0.2) is 0 Å². The van der Waals surface area contributed by atoms with E-state index in [1.807, 2.05) is 0 Å². The number of nitrogens with zero attached hydrogens (tertiary/aromatic N) is 1. The first kappa shape index (κ1) is 11.4. The molecule has 2 aliphatic rings. The molecule has 0 aromatic rings. The Morgan fingerprint density at radius 1 is 1.20 bits per heavy atom. The van der Waals surface area contributed by atoms with E-state index in [1.165, 1.54) is 51.7 Å². The van der Waals surface area contributed by atoms with E-state index in [0.717, 1.165) is 18.0 Å². The smallest absolute Gasteiger partial charge is 0.0221 e. The van der Waals surface area contributed by atoms with E-state index in [2.05, 4.69) is 24.1 Å². The summed E-state index contributed by atoms with van der Waals surface area (Å²) in [4.78, 5) is 2.69. The van der Waals surface area contributed by atoms with Crippen molar-refractivity contribution in [3.05, 3.63) is 0 Å². The molecule has 88 valence electrons. The Morgan fingerprint density at radius 3 is 2.60 bits per heavy atom. The maximum absolute atomic E-state index is 3.72. The van der Waals surface area contributed by atoms with Gasteiger partial charge in [0.15, 0.2) is 0 Å². The van der Waals surface area contributed by atoms with Crippen molar-refractivity contribution in [2.24, 2.45) is 5.92 Å². The molecule has 2 rings (SSSR count). The molecule has 0 aromatic carbocycles. The average molecular weight is 210 g/mol. The first-order chi connectivity index (χ1) is 7.25. The highest BCUT2D eigenvalue weighted by atomic mass is 15.2. The average Bonchev–Trinajstić information content (AvgIpc) is 2.49. The lowest BCUT2D eigenvalue weighted by molar-refractivity contribution is 0.208. The van der Waals surface area contributed by atoms with E-state index < -0.39 is 0 Å². The van der Waals surface area contributed by atoms with Crippen molar-refractivity contribution in [3.63, 3.8) is 0 Å². The van der Waals surface area contributed by atoms with Gasteiger partial charge >= 0.3 is 0 Å². The molecule has 0 bridgehead atoms. The molecule has 1 saturated heterocycles. The summed E-state index contributed by atoms with van der Waals surface area (Å²) in [6.07, 6.45) is 7.09. The standard InChI is InChI=1S/C13H26N2/c1-11(2)10-15-8-4-7-13(15)9-14-12-5-3-6-12/h11-14H,3-10H2,1-2H3/t13-/m0/s1. The number of likely N-dealkylation sites (tertiary alicyclic amines) is 1. The molecule has 0 radical (unpaired) electrons. The Bertz CT molecular complexity index is 187. The van der Waals surface area contributed by atoms with Gasteiger partial charge in [0.05, 0.1) is 0 Å². The first-order valence-electron chi connectivity index (χ1n) is 6.73. The minimum atomic E-state index is 0.814. The van der Waals surface area contributed by atoms with Crippen molar-refractivity contribution in [2.75, 3.05) is 19.6 Å². The third-order valence-corrected chi connectivity index (χ3v) is 3.85. The molecule has 0 amide bonds. The van der Waals surface area contributed by atoms with Gasteiger partial charge < -0.3 is 5.32 Å². The minimum absolute atomic E-state index is 0.814. The normalized spacial score (nSPS) is 28.6. The molecule has 0 aromatic heterocycles. The molecule has 1 aliphatic heterocycles. The molecular weight excluding hydrogens is 184 g/mol. The van der Waals surface area contributed by atoms with Crippen LogP contribution in [0.4, 0.5) is 0 Å². The van der Waals surface area contributed by atoms with Gasteiger partial charge in [0, 0.05) is 25.2 Å². The molecule has 15 heavy (non-hydrogen) atoms. The van der Waals surface area contributed by atoms with Gasteiger partial charge in [-0.05, 0) is 38.1 Å². The van der Waals surface area contributed by atoms with Crippen LogP contribution in [0.25, 0.3) is 0 Å². The van der Waals surface area contributed by atoms with Gasteiger partial charge in [-0.3, -0.25) is 4.90 Å². The fourth-order valence-corrected chi connectivity index (χ4v) is 2.75. The van der Waals surface area contributed by atoms with E-state index in [4.69, 9.17) is 0 Å². The second kappa shape index (κ2) is 5.31. The van der Waals surface area contributed by atoms with Crippen molar-refractivity contribution in [1.82, 2.24) is 10.2 Å². The van der Waals surface area contributed by atoms with E-state index in [9.17, 15) is 0 Å². The summed E-state index contributed by atoms with van der Waals surface area (Å²) in [5.74, 6) is 0.814. The van der Waals surface area contributed by atoms with Crippen molar-refractivity contribution in [2.45, 2.75) is 58.0 Å². The molecule has 2 nitrogen and oxygen atoms in total. The lowest BCUT2D eigenvalue weighted by Gasteiger charge is -2.31. The molecule has 2 fully saturated rings. The Labute approximate surface area is 94.4 Å². The highest BCUT2D eigenvalue weighted by Gasteiger charge is 2.26. The summed E-state index contributed by atoms with van der Waals surface area (Å²) in [5, 5.41) is 3.72. The second-order valence-corrected chi connectivity index (χ2v) is 5.72. The van der Waals surface area contributed by atoms with Crippen LogP contribution in [0.3, 0.4) is 0 Å². The van der Waals surface area contributed by atoms with Crippen LogP contribution >= 0.6 is 0 Å². The highest BCUT2D eigenvalue weighted by Crippen LogP contribution is 2.21. The van der Waals surface area contributed by atoms with Gasteiger partial charge in [-0.1, -0.05) is 20.3 Å². The Balaban J connectivity index is 1.69. The van der Waals surface area contributed by atoms with E-state index in [1.54, 1.807) is 0 Å². The van der Waals surface area contributed by atoms with Gasteiger partial charge in [-0.2, -0.15) is 0 Å². The molecule has 0 unspecified atom stereocenters. The third-order valence-electron chi connectivity index (χ3n) is 3.85. The van der Waals surface area contributed by atoms with Gasteiger partial charge in [0.2, 0.25) is 0 Å². The van der Waals surface area contributed by atoms with Crippen molar-refractivity contribution < 1.29 is 0 Å². The largest absolute Gasteiger partial charge is 0.312 e. The molecule has 1 saturated carbocycles. The third kappa shape index (κ3) is 3.18. The molecule has 0 spiro atoms. The first-order valence-corrected chi connectivity index (χ1v) is 6.73. The maximum atomic E-state index is 3.72. The fraction of sp³-hybridized carbons (Fsp3) is 1.00. The van der Waals surface area contributed by atoms with Gasteiger partial charge in [-0.25, -0.2) is 0 Å². The summed E-state index contributed by atoms with van der Waals surface area (Å²) in [6, 6.07) is 1.68. The summed E-state index contributed by atoms with van der Waals surface area (Å²) in [7, 11) is 0. The zero-order chi connectivity index (χ0) is 10.7. The Hall–Kier alpha value is -0.0800. The number of nitrogens with one attached hydrogen (secondary N) is 1. The van der Waals surface area contributed by atoms with E-state index in [0.29, 0.717) is 0 Å². The van der Waals surface area contributed by atoms with Crippen LogP contribution in [-0.2, 0) is 0 Å².